The maximum atomic E-state index is 9.08. The first-order chi connectivity index (χ1) is 6.92. The molecule has 0 radical (unpaired) electrons. The average molecular weight is 225 g/mol. The maximum absolute atomic E-state index is 9.08. The number of thiazole rings is 1. The van der Waals surface area contributed by atoms with Gasteiger partial charge >= 0.3 is 0 Å². The molecule has 0 aromatic carbocycles. The maximum Gasteiger partial charge on any atom is 0.231 e. The van der Waals surface area contributed by atoms with Crippen molar-refractivity contribution in [2.45, 2.75) is 19.3 Å². The van der Waals surface area contributed by atoms with E-state index in [9.17, 15) is 0 Å². The predicted molar refractivity (Wildman–Crippen MR) is 61.6 cm³/mol. The summed E-state index contributed by atoms with van der Waals surface area (Å²) in [6, 6.07) is 2.26. The summed E-state index contributed by atoms with van der Waals surface area (Å²) in [5.74, 6) is 0.551. The number of aromatic nitrogens is 1. The summed E-state index contributed by atoms with van der Waals surface area (Å²) >= 11 is 1.49. The van der Waals surface area contributed by atoms with E-state index in [0.717, 1.165) is 10.0 Å². The average Bonchev–Trinajstić information content (AvgIpc) is 2.62. The molecule has 1 aromatic heterocycles. The van der Waals surface area contributed by atoms with Gasteiger partial charge in [0.1, 0.15) is 0 Å². The van der Waals surface area contributed by atoms with Crippen molar-refractivity contribution in [2.24, 2.45) is 0 Å². The summed E-state index contributed by atoms with van der Waals surface area (Å²) in [7, 11) is 5.41. The zero-order valence-corrected chi connectivity index (χ0v) is 10.5. The van der Waals surface area contributed by atoms with Crippen molar-refractivity contribution in [1.82, 2.24) is 4.98 Å². The Labute approximate surface area is 94.1 Å². The highest BCUT2D eigenvalue weighted by Crippen LogP contribution is 2.38. The van der Waals surface area contributed by atoms with Gasteiger partial charge in [-0.05, 0) is 13.8 Å². The van der Waals surface area contributed by atoms with Crippen molar-refractivity contribution in [1.29, 1.82) is 5.26 Å². The van der Waals surface area contributed by atoms with E-state index in [1.54, 1.807) is 7.11 Å². The molecule has 0 fully saturated rings. The quantitative estimate of drug-likeness (QED) is 0.789. The molecule has 0 amide bonds. The first-order valence-corrected chi connectivity index (χ1v) is 5.38. The predicted octanol–water partition coefficient (Wildman–Crippen LogP) is 2.02. The molecule has 0 unspecified atom stereocenters. The van der Waals surface area contributed by atoms with E-state index in [4.69, 9.17) is 10.00 Å². The molecule has 4 nitrogen and oxygen atoms in total. The molecule has 0 bridgehead atoms. The molecule has 0 spiro atoms. The van der Waals surface area contributed by atoms with Crippen molar-refractivity contribution in [3.05, 3.63) is 4.88 Å². The van der Waals surface area contributed by atoms with Gasteiger partial charge < -0.3 is 9.64 Å². The summed E-state index contributed by atoms with van der Waals surface area (Å²) in [6.07, 6.45) is 0. The first-order valence-electron chi connectivity index (χ1n) is 4.56. The van der Waals surface area contributed by atoms with Crippen LogP contribution in [0, 0.1) is 11.3 Å². The smallest absolute Gasteiger partial charge is 0.231 e. The molecule has 0 N–H and O–H groups in total. The summed E-state index contributed by atoms with van der Waals surface area (Å²) < 4.78 is 5.19. The highest BCUT2D eigenvalue weighted by molar-refractivity contribution is 7.16. The molecule has 1 rings (SSSR count). The Kier molecular flexibility index (Phi) is 3.20. The Morgan fingerprint density at radius 1 is 1.47 bits per heavy atom. The van der Waals surface area contributed by atoms with Crippen molar-refractivity contribution in [2.75, 3.05) is 26.1 Å². The second-order valence-electron chi connectivity index (χ2n) is 3.97. The fourth-order valence-electron chi connectivity index (χ4n) is 1.07. The Balaban J connectivity index is 3.24. The molecule has 1 heterocycles. The lowest BCUT2D eigenvalue weighted by atomic mass is 9.94. The van der Waals surface area contributed by atoms with Gasteiger partial charge in [-0.1, -0.05) is 11.3 Å². The summed E-state index contributed by atoms with van der Waals surface area (Å²) in [5.41, 5.74) is -0.558. The monoisotopic (exact) mass is 225 g/mol. The van der Waals surface area contributed by atoms with Crippen LogP contribution in [0.1, 0.15) is 18.7 Å². The molecule has 0 aliphatic carbocycles. The van der Waals surface area contributed by atoms with Crippen LogP contribution in [0.5, 0.6) is 5.88 Å². The van der Waals surface area contributed by atoms with Gasteiger partial charge in [-0.25, -0.2) is 0 Å². The van der Waals surface area contributed by atoms with Crippen molar-refractivity contribution >= 4 is 16.5 Å². The van der Waals surface area contributed by atoms with Gasteiger partial charge in [0, 0.05) is 14.1 Å². The fraction of sp³-hybridized carbons (Fsp3) is 0.600. The molecule has 0 aliphatic rings. The number of rotatable bonds is 3. The van der Waals surface area contributed by atoms with Crippen LogP contribution >= 0.6 is 11.3 Å². The summed E-state index contributed by atoms with van der Waals surface area (Å²) in [6.45, 7) is 3.73. The third-order valence-electron chi connectivity index (χ3n) is 2.01. The molecule has 0 aliphatic heterocycles. The lowest BCUT2D eigenvalue weighted by molar-refractivity contribution is 0.391. The normalized spacial score (nSPS) is 10.9. The number of methoxy groups -OCH3 is 1. The van der Waals surface area contributed by atoms with Gasteiger partial charge in [-0.3, -0.25) is 0 Å². The molecular formula is C10H15N3OS. The van der Waals surface area contributed by atoms with Gasteiger partial charge in [0.2, 0.25) is 5.88 Å². The second kappa shape index (κ2) is 4.07. The van der Waals surface area contributed by atoms with Gasteiger partial charge in [0.15, 0.2) is 5.13 Å². The zero-order chi connectivity index (χ0) is 11.6. The van der Waals surface area contributed by atoms with Crippen LogP contribution in [0.2, 0.25) is 0 Å². The number of hydrogen-bond donors (Lipinski definition) is 0. The van der Waals surface area contributed by atoms with Crippen LogP contribution < -0.4 is 9.64 Å². The van der Waals surface area contributed by atoms with E-state index in [2.05, 4.69) is 11.1 Å². The molecule has 5 heteroatoms. The number of anilines is 1. The van der Waals surface area contributed by atoms with E-state index in [1.807, 2.05) is 32.8 Å². The van der Waals surface area contributed by atoms with Crippen LogP contribution in [0.4, 0.5) is 5.13 Å². The van der Waals surface area contributed by atoms with Crippen LogP contribution in [0.25, 0.3) is 0 Å². The molecule has 0 saturated heterocycles. The lowest BCUT2D eigenvalue weighted by Crippen LogP contribution is -2.12. The second-order valence-corrected chi connectivity index (χ2v) is 4.94. The van der Waals surface area contributed by atoms with E-state index in [1.165, 1.54) is 11.3 Å². The molecule has 0 atom stereocenters. The number of nitrogens with zero attached hydrogens (tertiary/aromatic N) is 3. The zero-order valence-electron chi connectivity index (χ0n) is 9.66. The molecule has 1 aromatic rings. The third kappa shape index (κ3) is 2.21. The highest BCUT2D eigenvalue weighted by atomic mass is 32.1. The van der Waals surface area contributed by atoms with Gasteiger partial charge in [-0.2, -0.15) is 10.2 Å². The van der Waals surface area contributed by atoms with E-state index in [-0.39, 0.29) is 0 Å². The van der Waals surface area contributed by atoms with E-state index in [0.29, 0.717) is 5.88 Å². The van der Waals surface area contributed by atoms with Crippen LogP contribution in [0.3, 0.4) is 0 Å². The minimum Gasteiger partial charge on any atom is -0.480 e. The van der Waals surface area contributed by atoms with Gasteiger partial charge in [-0.15, -0.1) is 0 Å². The van der Waals surface area contributed by atoms with E-state index >= 15 is 0 Å². The van der Waals surface area contributed by atoms with Gasteiger partial charge in [0.25, 0.3) is 0 Å². The summed E-state index contributed by atoms with van der Waals surface area (Å²) in [4.78, 5) is 7.09. The Morgan fingerprint density at radius 3 is 2.47 bits per heavy atom. The summed E-state index contributed by atoms with van der Waals surface area (Å²) in [5, 5.41) is 9.93. The van der Waals surface area contributed by atoms with Crippen LogP contribution in [-0.2, 0) is 5.41 Å². The molecule has 82 valence electrons. The number of hydrogen-bond acceptors (Lipinski definition) is 5. The van der Waals surface area contributed by atoms with Gasteiger partial charge in [0.05, 0.1) is 23.5 Å². The topological polar surface area (TPSA) is 49.1 Å². The SMILES string of the molecule is COc1nc(N(C)C)sc1C(C)(C)C#N. The highest BCUT2D eigenvalue weighted by Gasteiger charge is 2.28. The molecular weight excluding hydrogens is 210 g/mol. The van der Waals surface area contributed by atoms with Crippen LogP contribution in [-0.4, -0.2) is 26.2 Å². The first kappa shape index (κ1) is 11.8. The number of ether oxygens (including phenoxy) is 1. The third-order valence-corrected chi connectivity index (χ3v) is 3.54. The molecule has 15 heavy (non-hydrogen) atoms. The minimum absolute atomic E-state index is 0.551. The number of nitriles is 1. The molecule has 0 saturated carbocycles. The van der Waals surface area contributed by atoms with Crippen LogP contribution in [0.15, 0.2) is 0 Å². The van der Waals surface area contributed by atoms with Crippen molar-refractivity contribution < 1.29 is 4.74 Å². The Bertz CT molecular complexity index is 390. The fourth-order valence-corrected chi connectivity index (χ4v) is 2.08. The Morgan fingerprint density at radius 2 is 2.07 bits per heavy atom. The Hall–Kier alpha value is -1.28. The van der Waals surface area contributed by atoms with E-state index < -0.39 is 5.41 Å². The lowest BCUT2D eigenvalue weighted by Gasteiger charge is -2.13. The van der Waals surface area contributed by atoms with Crippen molar-refractivity contribution in [3.63, 3.8) is 0 Å². The largest absolute Gasteiger partial charge is 0.480 e. The standard InChI is InChI=1S/C10H15N3OS/c1-10(2,6-11)7-8(14-5)12-9(15-7)13(3)4/h1-5H3. The van der Waals surface area contributed by atoms with Crippen molar-refractivity contribution in [3.8, 4) is 11.9 Å². The minimum atomic E-state index is -0.558.